The van der Waals surface area contributed by atoms with E-state index >= 15 is 0 Å². The van der Waals surface area contributed by atoms with Crippen LogP contribution in [0, 0.1) is 5.92 Å². The Labute approximate surface area is 109 Å². The average molecular weight is 280 g/mol. The molecule has 0 spiro atoms. The zero-order valence-electron chi connectivity index (χ0n) is 11.1. The Bertz CT molecular complexity index is 330. The van der Waals surface area contributed by atoms with Crippen molar-refractivity contribution < 1.29 is 18.3 Å². The molecular formula is C11H24N2O4S. The lowest BCUT2D eigenvalue weighted by Gasteiger charge is -2.14. The lowest BCUT2D eigenvalue weighted by molar-refractivity contribution is -0.137. The summed E-state index contributed by atoms with van der Waals surface area (Å²) in [7, 11) is -3.40. The summed E-state index contributed by atoms with van der Waals surface area (Å²) in [5, 5.41) is 8.59. The molecule has 3 N–H and O–H groups in total. The Kier molecular flexibility index (Phi) is 8.95. The summed E-state index contributed by atoms with van der Waals surface area (Å²) in [5.74, 6) is -0.561. The van der Waals surface area contributed by atoms with Crippen LogP contribution in [-0.2, 0) is 15.0 Å². The highest BCUT2D eigenvalue weighted by Crippen LogP contribution is 2.14. The summed E-state index contributed by atoms with van der Waals surface area (Å²) < 4.78 is 27.7. The number of carboxylic acids is 1. The number of aliphatic carboxylic acids is 1. The number of carbonyl (C=O) groups is 1. The minimum atomic E-state index is -3.40. The molecule has 108 valence electrons. The summed E-state index contributed by atoms with van der Waals surface area (Å²) in [6, 6.07) is 0. The molecule has 18 heavy (non-hydrogen) atoms. The Balaban J connectivity index is 3.88. The van der Waals surface area contributed by atoms with Gasteiger partial charge in [-0.05, 0) is 25.2 Å². The van der Waals surface area contributed by atoms with Crippen molar-refractivity contribution in [1.29, 1.82) is 0 Å². The van der Waals surface area contributed by atoms with E-state index in [9.17, 15) is 13.2 Å². The van der Waals surface area contributed by atoms with Crippen LogP contribution in [0.3, 0.4) is 0 Å². The fraction of sp³-hybridized carbons (Fsp3) is 0.909. The molecule has 1 unspecified atom stereocenters. The van der Waals surface area contributed by atoms with Gasteiger partial charge < -0.3 is 5.11 Å². The summed E-state index contributed by atoms with van der Waals surface area (Å²) in [6.07, 6.45) is 3.00. The van der Waals surface area contributed by atoms with E-state index in [1.807, 2.05) is 13.8 Å². The van der Waals surface area contributed by atoms with E-state index in [1.165, 1.54) is 0 Å². The molecule has 0 bridgehead atoms. The summed E-state index contributed by atoms with van der Waals surface area (Å²) in [4.78, 5) is 10.4. The molecule has 6 nitrogen and oxygen atoms in total. The van der Waals surface area contributed by atoms with Gasteiger partial charge in [0.2, 0.25) is 0 Å². The van der Waals surface area contributed by atoms with E-state index in [0.717, 1.165) is 12.8 Å². The van der Waals surface area contributed by atoms with Crippen LogP contribution in [0.1, 0.15) is 46.0 Å². The van der Waals surface area contributed by atoms with E-state index < -0.39 is 16.2 Å². The second-order valence-electron chi connectivity index (χ2n) is 4.29. The highest BCUT2D eigenvalue weighted by atomic mass is 32.2. The van der Waals surface area contributed by atoms with Gasteiger partial charge in [0.25, 0.3) is 10.2 Å². The van der Waals surface area contributed by atoms with Crippen LogP contribution < -0.4 is 9.44 Å². The molecule has 0 amide bonds. The van der Waals surface area contributed by atoms with Gasteiger partial charge in [-0.15, -0.1) is 0 Å². The predicted octanol–water partition coefficient (Wildman–Crippen LogP) is 1.10. The third-order valence-electron chi connectivity index (χ3n) is 2.73. The van der Waals surface area contributed by atoms with Crippen LogP contribution in [0.2, 0.25) is 0 Å². The molecule has 1 atom stereocenters. The molecule has 0 aromatic rings. The van der Waals surface area contributed by atoms with E-state index in [2.05, 4.69) is 9.44 Å². The van der Waals surface area contributed by atoms with Crippen molar-refractivity contribution in [1.82, 2.24) is 9.44 Å². The molecule has 0 saturated carbocycles. The first-order valence-corrected chi connectivity index (χ1v) is 7.85. The Morgan fingerprint density at radius 1 is 1.17 bits per heavy atom. The lowest BCUT2D eigenvalue weighted by Crippen LogP contribution is -2.37. The fourth-order valence-electron chi connectivity index (χ4n) is 1.57. The fourth-order valence-corrected chi connectivity index (χ4v) is 2.53. The topological polar surface area (TPSA) is 95.5 Å². The summed E-state index contributed by atoms with van der Waals surface area (Å²) in [5.41, 5.74) is 0. The third kappa shape index (κ3) is 9.38. The number of nitrogens with one attached hydrogen (secondary N) is 2. The maximum absolute atomic E-state index is 11.4. The second kappa shape index (κ2) is 9.29. The highest BCUT2D eigenvalue weighted by Gasteiger charge is 2.11. The van der Waals surface area contributed by atoms with Crippen LogP contribution in [0.4, 0.5) is 0 Å². The molecule has 0 aromatic heterocycles. The molecule has 0 aliphatic heterocycles. The van der Waals surface area contributed by atoms with Gasteiger partial charge in [-0.1, -0.05) is 20.3 Å². The van der Waals surface area contributed by atoms with Crippen LogP contribution >= 0.6 is 0 Å². The van der Waals surface area contributed by atoms with Crippen LogP contribution in [0.25, 0.3) is 0 Å². The quantitative estimate of drug-likeness (QED) is 0.528. The number of hydrogen-bond donors (Lipinski definition) is 3. The van der Waals surface area contributed by atoms with E-state index in [-0.39, 0.29) is 12.3 Å². The van der Waals surface area contributed by atoms with Crippen molar-refractivity contribution in [3.05, 3.63) is 0 Å². The summed E-state index contributed by atoms with van der Waals surface area (Å²) >= 11 is 0. The van der Waals surface area contributed by atoms with E-state index in [0.29, 0.717) is 25.9 Å². The largest absolute Gasteiger partial charge is 0.481 e. The average Bonchev–Trinajstić information content (AvgIpc) is 2.30. The number of rotatable bonds is 11. The first-order chi connectivity index (χ1) is 8.41. The SMILES string of the molecule is CCCNS(=O)(=O)NCCC(CC)CCC(=O)O. The standard InChI is InChI=1S/C11H24N2O4S/c1-3-8-12-18(16,17)13-9-7-10(4-2)5-6-11(14)15/h10,12-13H,3-9H2,1-2H3,(H,14,15). The third-order valence-corrected chi connectivity index (χ3v) is 3.90. The molecule has 0 aromatic carbocycles. The highest BCUT2D eigenvalue weighted by molar-refractivity contribution is 7.87. The van der Waals surface area contributed by atoms with Gasteiger partial charge in [0.15, 0.2) is 0 Å². The zero-order valence-corrected chi connectivity index (χ0v) is 11.9. The van der Waals surface area contributed by atoms with E-state index in [4.69, 9.17) is 5.11 Å². The van der Waals surface area contributed by atoms with Gasteiger partial charge in [0.05, 0.1) is 0 Å². The van der Waals surface area contributed by atoms with Gasteiger partial charge >= 0.3 is 5.97 Å². The molecule has 0 radical (unpaired) electrons. The van der Waals surface area contributed by atoms with Crippen molar-refractivity contribution in [3.8, 4) is 0 Å². The first-order valence-electron chi connectivity index (χ1n) is 6.37. The molecule has 7 heteroatoms. The smallest absolute Gasteiger partial charge is 0.303 e. The molecule has 0 fully saturated rings. The minimum Gasteiger partial charge on any atom is -0.481 e. The zero-order chi connectivity index (χ0) is 14.0. The maximum Gasteiger partial charge on any atom is 0.303 e. The number of hydrogen-bond acceptors (Lipinski definition) is 3. The molecule has 0 saturated heterocycles. The normalized spacial score (nSPS) is 13.4. The van der Waals surface area contributed by atoms with Crippen molar-refractivity contribution >= 4 is 16.2 Å². The molecule has 0 heterocycles. The van der Waals surface area contributed by atoms with Crippen molar-refractivity contribution in [2.75, 3.05) is 13.1 Å². The molecule has 0 aliphatic rings. The van der Waals surface area contributed by atoms with Gasteiger partial charge in [-0.25, -0.2) is 9.44 Å². The van der Waals surface area contributed by atoms with Crippen LogP contribution in [-0.4, -0.2) is 32.6 Å². The van der Waals surface area contributed by atoms with Crippen molar-refractivity contribution in [2.45, 2.75) is 46.0 Å². The van der Waals surface area contributed by atoms with Crippen molar-refractivity contribution in [2.24, 2.45) is 5.92 Å². The first kappa shape index (κ1) is 17.3. The monoisotopic (exact) mass is 280 g/mol. The Hall–Kier alpha value is -0.660. The number of carboxylic acid groups (broad SMARTS) is 1. The second-order valence-corrected chi connectivity index (χ2v) is 5.87. The molecule has 0 rings (SSSR count). The Morgan fingerprint density at radius 2 is 1.78 bits per heavy atom. The van der Waals surface area contributed by atoms with Crippen molar-refractivity contribution in [3.63, 3.8) is 0 Å². The Morgan fingerprint density at radius 3 is 2.28 bits per heavy atom. The van der Waals surface area contributed by atoms with Gasteiger partial charge in [-0.3, -0.25) is 4.79 Å². The van der Waals surface area contributed by atoms with Crippen LogP contribution in [0.5, 0.6) is 0 Å². The lowest BCUT2D eigenvalue weighted by atomic mass is 9.97. The maximum atomic E-state index is 11.4. The molecular weight excluding hydrogens is 256 g/mol. The molecule has 0 aliphatic carbocycles. The van der Waals surface area contributed by atoms with E-state index in [1.54, 1.807) is 0 Å². The van der Waals surface area contributed by atoms with Gasteiger partial charge in [0, 0.05) is 19.5 Å². The minimum absolute atomic E-state index is 0.138. The summed E-state index contributed by atoms with van der Waals surface area (Å²) in [6.45, 7) is 4.64. The predicted molar refractivity (Wildman–Crippen MR) is 70.5 cm³/mol. The van der Waals surface area contributed by atoms with Gasteiger partial charge in [0.1, 0.15) is 0 Å². The van der Waals surface area contributed by atoms with Gasteiger partial charge in [-0.2, -0.15) is 8.42 Å². The van der Waals surface area contributed by atoms with Crippen LogP contribution in [0.15, 0.2) is 0 Å².